The van der Waals surface area contributed by atoms with Crippen LogP contribution in [0.3, 0.4) is 0 Å². The third-order valence-electron chi connectivity index (χ3n) is 2.68. The summed E-state index contributed by atoms with van der Waals surface area (Å²) in [5, 5.41) is 9.92. The first-order valence-electron chi connectivity index (χ1n) is 6.76. The second-order valence-electron chi connectivity index (χ2n) is 3.90. The summed E-state index contributed by atoms with van der Waals surface area (Å²) in [6.45, 7) is 6.11. The van der Waals surface area contributed by atoms with Crippen LogP contribution >= 0.6 is 0 Å². The monoisotopic (exact) mass is 404 g/mol. The van der Waals surface area contributed by atoms with Gasteiger partial charge in [-0.2, -0.15) is 0 Å². The van der Waals surface area contributed by atoms with Crippen LogP contribution in [0.5, 0.6) is 0 Å². The molecule has 2 aromatic rings. The molecule has 0 bridgehead atoms. The molecule has 0 spiro atoms. The number of aryl methyl sites for hydroxylation is 1. The van der Waals surface area contributed by atoms with Crippen molar-refractivity contribution in [3.63, 3.8) is 0 Å². The average molecular weight is 404 g/mol. The summed E-state index contributed by atoms with van der Waals surface area (Å²) in [5.74, 6) is 0. The zero-order chi connectivity index (χ0) is 14.1. The summed E-state index contributed by atoms with van der Waals surface area (Å²) in [5.41, 5.74) is 3.00. The molecular formula is C18H25CsNO+. The molecule has 0 saturated heterocycles. The Kier molecular flexibility index (Phi) is 15.1. The van der Waals surface area contributed by atoms with E-state index < -0.39 is 0 Å². The van der Waals surface area contributed by atoms with Gasteiger partial charge in [0.1, 0.15) is 0 Å². The average Bonchev–Trinajstić information content (AvgIpc) is 2.50. The Bertz CT molecular complexity index is 507. The first-order valence-corrected chi connectivity index (χ1v) is 6.76. The van der Waals surface area contributed by atoms with Crippen molar-refractivity contribution >= 4 is 11.9 Å². The molecular weight excluding hydrogens is 379 g/mol. The number of hydrogen-bond acceptors (Lipinski definition) is 1. The summed E-state index contributed by atoms with van der Waals surface area (Å²) in [6, 6.07) is 17.6. The summed E-state index contributed by atoms with van der Waals surface area (Å²) in [4.78, 5) is 0. The maximum absolute atomic E-state index is 9.92. The molecule has 0 radical (unpaired) electrons. The minimum Gasteiger partial charge on any atom is -0.358 e. The van der Waals surface area contributed by atoms with Crippen molar-refractivity contribution in [2.24, 2.45) is 0 Å². The van der Waals surface area contributed by atoms with Crippen molar-refractivity contribution in [2.75, 3.05) is 0 Å². The Hall–Kier alpha value is -0.0381. The Balaban J connectivity index is 0. The molecule has 0 aliphatic carbocycles. The standard InChI is InChI=1S/C15H16NO.C2H6.CH3.Cs/c1-2-13-8-10-15(11-9-13)16(17)12-14-6-4-3-5-7-14;1-2;;/h3-12,17H,2H2,1H3;1-2H3;1H3;/q+1;;-1;+1/b16-12-;;;. The first-order chi connectivity index (χ1) is 9.29. The van der Waals surface area contributed by atoms with E-state index >= 15 is 0 Å². The van der Waals surface area contributed by atoms with Crippen LogP contribution < -0.4 is 68.9 Å². The van der Waals surface area contributed by atoms with Crippen LogP contribution in [0.25, 0.3) is 0 Å². The zero-order valence-electron chi connectivity index (χ0n) is 13.9. The predicted molar refractivity (Wildman–Crippen MR) is 86.9 cm³/mol. The van der Waals surface area contributed by atoms with Gasteiger partial charge in [-0.15, -0.1) is 0 Å². The van der Waals surface area contributed by atoms with Gasteiger partial charge in [0.2, 0.25) is 6.21 Å². The molecule has 2 rings (SSSR count). The maximum Gasteiger partial charge on any atom is 1.00 e. The molecule has 0 amide bonds. The second-order valence-corrected chi connectivity index (χ2v) is 3.90. The molecule has 0 fully saturated rings. The zero-order valence-corrected chi connectivity index (χ0v) is 20.2. The van der Waals surface area contributed by atoms with Gasteiger partial charge in [-0.1, -0.05) is 51.1 Å². The normalized spacial score (nSPS) is 9.57. The van der Waals surface area contributed by atoms with Crippen molar-refractivity contribution in [1.82, 2.24) is 0 Å². The largest absolute Gasteiger partial charge is 1.00 e. The topological polar surface area (TPSA) is 23.2 Å². The molecule has 21 heavy (non-hydrogen) atoms. The van der Waals surface area contributed by atoms with E-state index in [1.807, 2.05) is 68.4 Å². The third-order valence-corrected chi connectivity index (χ3v) is 2.68. The number of nitrogens with zero attached hydrogens (tertiary/aromatic N) is 1. The first kappa shape index (κ1) is 23.2. The van der Waals surface area contributed by atoms with Gasteiger partial charge in [0.05, 0.1) is 0 Å². The van der Waals surface area contributed by atoms with E-state index in [1.165, 1.54) is 5.56 Å². The predicted octanol–water partition coefficient (Wildman–Crippen LogP) is 1.88. The fourth-order valence-corrected chi connectivity index (χ4v) is 1.64. The maximum atomic E-state index is 9.92. The quantitative estimate of drug-likeness (QED) is 0.273. The van der Waals surface area contributed by atoms with Crippen LogP contribution in [0.2, 0.25) is 0 Å². The summed E-state index contributed by atoms with van der Waals surface area (Å²) >= 11 is 0. The molecule has 0 heterocycles. The molecule has 0 atom stereocenters. The molecule has 2 nitrogen and oxygen atoms in total. The van der Waals surface area contributed by atoms with Crippen LogP contribution in [0.1, 0.15) is 31.9 Å². The number of benzene rings is 2. The molecule has 0 saturated carbocycles. The minimum absolute atomic E-state index is 0. The van der Waals surface area contributed by atoms with Gasteiger partial charge < -0.3 is 7.43 Å². The van der Waals surface area contributed by atoms with Crippen LogP contribution in [0.4, 0.5) is 5.69 Å². The van der Waals surface area contributed by atoms with E-state index in [0.29, 0.717) is 0 Å². The molecule has 3 heteroatoms. The van der Waals surface area contributed by atoms with Crippen molar-refractivity contribution in [3.8, 4) is 0 Å². The van der Waals surface area contributed by atoms with Crippen molar-refractivity contribution in [2.45, 2.75) is 27.2 Å². The number of rotatable bonds is 3. The summed E-state index contributed by atoms with van der Waals surface area (Å²) < 4.78 is 1.15. The van der Waals surface area contributed by atoms with Crippen LogP contribution in [0, 0.1) is 7.43 Å². The SMILES string of the molecule is CC.CCc1ccc(/[N+](O)=C/c2ccccc2)cc1.[CH3-].[Cs+]. The van der Waals surface area contributed by atoms with E-state index in [4.69, 9.17) is 0 Å². The van der Waals surface area contributed by atoms with E-state index in [1.54, 1.807) is 6.21 Å². The Morgan fingerprint density at radius 1 is 0.952 bits per heavy atom. The Morgan fingerprint density at radius 3 is 1.95 bits per heavy atom. The van der Waals surface area contributed by atoms with Crippen LogP contribution in [-0.2, 0) is 6.42 Å². The van der Waals surface area contributed by atoms with Gasteiger partial charge in [-0.05, 0) is 24.1 Å². The van der Waals surface area contributed by atoms with Gasteiger partial charge in [0.15, 0.2) is 0 Å². The fourth-order valence-electron chi connectivity index (χ4n) is 1.64. The molecule has 0 aromatic heterocycles. The molecule has 0 aliphatic heterocycles. The fraction of sp³-hybridized carbons (Fsp3) is 0.222. The van der Waals surface area contributed by atoms with Crippen LogP contribution in [0.15, 0.2) is 54.6 Å². The molecule has 2 aromatic carbocycles. The van der Waals surface area contributed by atoms with E-state index in [-0.39, 0.29) is 76.3 Å². The van der Waals surface area contributed by atoms with Crippen LogP contribution in [-0.4, -0.2) is 16.2 Å². The van der Waals surface area contributed by atoms with Crippen molar-refractivity contribution in [1.29, 1.82) is 0 Å². The molecule has 1 N–H and O–H groups in total. The molecule has 0 unspecified atom stereocenters. The smallest absolute Gasteiger partial charge is 0.358 e. The van der Waals surface area contributed by atoms with Gasteiger partial charge in [0, 0.05) is 22.4 Å². The van der Waals surface area contributed by atoms with Gasteiger partial charge in [-0.3, -0.25) is 5.21 Å². The van der Waals surface area contributed by atoms with Crippen molar-refractivity contribution in [3.05, 3.63) is 73.2 Å². The van der Waals surface area contributed by atoms with E-state index in [0.717, 1.165) is 22.4 Å². The van der Waals surface area contributed by atoms with E-state index in [9.17, 15) is 5.21 Å². The summed E-state index contributed by atoms with van der Waals surface area (Å²) in [7, 11) is 0. The molecule has 108 valence electrons. The van der Waals surface area contributed by atoms with Crippen molar-refractivity contribution < 1.29 is 78.8 Å². The second kappa shape index (κ2) is 13.6. The van der Waals surface area contributed by atoms with Gasteiger partial charge in [0.25, 0.3) is 5.69 Å². The minimum atomic E-state index is 0. The Labute approximate surface area is 188 Å². The molecule has 0 aliphatic rings. The van der Waals surface area contributed by atoms with Gasteiger partial charge in [-0.25, -0.2) is 0 Å². The third kappa shape index (κ3) is 8.24. The summed E-state index contributed by atoms with van der Waals surface area (Å²) in [6.07, 6.45) is 2.70. The van der Waals surface area contributed by atoms with E-state index in [2.05, 4.69) is 6.92 Å². The number of hydrogen-bond donors (Lipinski definition) is 1. The Morgan fingerprint density at radius 2 is 1.48 bits per heavy atom. The van der Waals surface area contributed by atoms with Gasteiger partial charge >= 0.3 is 68.9 Å².